The maximum Gasteiger partial charge on any atom is 0.387 e. The van der Waals surface area contributed by atoms with Crippen LogP contribution in [0.2, 0.25) is 0 Å². The Kier molecular flexibility index (Phi) is 7.18. The summed E-state index contributed by atoms with van der Waals surface area (Å²) in [4.78, 5) is 18.1. The van der Waals surface area contributed by atoms with Crippen molar-refractivity contribution in [3.8, 4) is 5.75 Å². The molecule has 1 atom stereocenters. The van der Waals surface area contributed by atoms with Crippen LogP contribution >= 0.6 is 11.8 Å². The smallest absolute Gasteiger partial charge is 0.387 e. The highest BCUT2D eigenvalue weighted by molar-refractivity contribution is 7.98. The van der Waals surface area contributed by atoms with Crippen LogP contribution in [0.5, 0.6) is 5.75 Å². The van der Waals surface area contributed by atoms with Crippen molar-refractivity contribution in [3.05, 3.63) is 107 Å². The van der Waals surface area contributed by atoms with Crippen molar-refractivity contribution in [3.63, 3.8) is 0 Å². The van der Waals surface area contributed by atoms with Gasteiger partial charge in [0.2, 0.25) is 11.1 Å². The second-order valence-electron chi connectivity index (χ2n) is 8.27. The Morgan fingerprint density at radius 2 is 1.73 bits per heavy atom. The van der Waals surface area contributed by atoms with Gasteiger partial charge in [0.25, 0.3) is 5.91 Å². The van der Waals surface area contributed by atoms with Crippen LogP contribution in [-0.2, 0) is 10.5 Å². The molecule has 0 aliphatic carbocycles. The number of carbonyl (C=O) groups excluding carboxylic acids is 1. The van der Waals surface area contributed by atoms with Gasteiger partial charge in [-0.1, -0.05) is 72.4 Å². The molecule has 1 aliphatic rings. The van der Waals surface area contributed by atoms with E-state index in [4.69, 9.17) is 5.10 Å². The number of nitrogens with zero attached hydrogens (tertiary/aromatic N) is 3. The highest BCUT2D eigenvalue weighted by Crippen LogP contribution is 2.37. The van der Waals surface area contributed by atoms with Crippen molar-refractivity contribution >= 4 is 29.3 Å². The summed E-state index contributed by atoms with van der Waals surface area (Å²) in [6.07, 6.45) is 0. The fraction of sp³-hybridized carbons (Fsp3) is 0.148. The largest absolute Gasteiger partial charge is 0.435 e. The second-order valence-corrected chi connectivity index (χ2v) is 9.21. The molecule has 2 N–H and O–H groups in total. The van der Waals surface area contributed by atoms with Crippen LogP contribution in [-0.4, -0.2) is 27.3 Å². The number of benzene rings is 3. The van der Waals surface area contributed by atoms with Gasteiger partial charge in [-0.2, -0.15) is 13.8 Å². The zero-order chi connectivity index (χ0) is 25.8. The number of carbonyl (C=O) groups is 1. The minimum absolute atomic E-state index is 0.0293. The standard InChI is InChI=1S/C27H23F2N5O2S/c1-17-22(24(35)31-20-10-6-3-7-11-20)23(19-12-14-21(15-13-19)36-25(28)29)34-26(30-17)32-27(33-34)37-16-18-8-4-2-5-9-18/h2-15,23,25H,16H2,1H3,(H,31,35)(H,30,32,33)/t23-/m0/s1. The molecule has 0 spiro atoms. The summed E-state index contributed by atoms with van der Waals surface area (Å²) in [7, 11) is 0. The lowest BCUT2D eigenvalue weighted by Crippen LogP contribution is -2.31. The lowest BCUT2D eigenvalue weighted by Gasteiger charge is -2.28. The van der Waals surface area contributed by atoms with Gasteiger partial charge in [-0.05, 0) is 42.3 Å². The number of hydrogen-bond acceptors (Lipinski definition) is 6. The molecular weight excluding hydrogens is 496 g/mol. The number of halogens is 2. The minimum Gasteiger partial charge on any atom is -0.435 e. The van der Waals surface area contributed by atoms with Crippen LogP contribution in [0.3, 0.4) is 0 Å². The summed E-state index contributed by atoms with van der Waals surface area (Å²) < 4.78 is 31.5. The molecule has 1 amide bonds. The molecule has 1 aliphatic heterocycles. The summed E-state index contributed by atoms with van der Waals surface area (Å²) in [6, 6.07) is 24.7. The zero-order valence-electron chi connectivity index (χ0n) is 19.8. The van der Waals surface area contributed by atoms with Gasteiger partial charge < -0.3 is 15.4 Å². The van der Waals surface area contributed by atoms with Crippen LogP contribution in [0.25, 0.3) is 0 Å². The van der Waals surface area contributed by atoms with Gasteiger partial charge in [0.05, 0.1) is 5.57 Å². The molecular formula is C27H23F2N5O2S. The Labute approximate surface area is 216 Å². The molecule has 4 aromatic rings. The molecule has 1 aromatic heterocycles. The van der Waals surface area contributed by atoms with Gasteiger partial charge in [-0.3, -0.25) is 4.79 Å². The number of rotatable bonds is 8. The second kappa shape index (κ2) is 10.8. The first-order valence-corrected chi connectivity index (χ1v) is 12.5. The molecule has 7 nitrogen and oxygen atoms in total. The highest BCUT2D eigenvalue weighted by Gasteiger charge is 2.34. The monoisotopic (exact) mass is 519 g/mol. The van der Waals surface area contributed by atoms with Gasteiger partial charge in [0.1, 0.15) is 11.8 Å². The Hall–Kier alpha value is -4.18. The first-order valence-electron chi connectivity index (χ1n) is 11.5. The number of aromatic nitrogens is 3. The molecule has 0 saturated heterocycles. The lowest BCUT2D eigenvalue weighted by molar-refractivity contribution is -0.113. The number of allylic oxidation sites excluding steroid dienone is 1. The van der Waals surface area contributed by atoms with E-state index < -0.39 is 12.7 Å². The van der Waals surface area contributed by atoms with E-state index in [2.05, 4.69) is 20.4 Å². The Morgan fingerprint density at radius 1 is 1.05 bits per heavy atom. The third kappa shape index (κ3) is 5.64. The van der Waals surface area contributed by atoms with Crippen LogP contribution in [0.1, 0.15) is 24.1 Å². The maximum atomic E-state index is 13.5. The number of ether oxygens (including phenoxy) is 1. The van der Waals surface area contributed by atoms with Crippen LogP contribution in [0, 0.1) is 0 Å². The average molecular weight is 520 g/mol. The first-order chi connectivity index (χ1) is 18.0. The molecule has 5 rings (SSSR count). The molecule has 0 saturated carbocycles. The van der Waals surface area contributed by atoms with Crippen molar-refractivity contribution in [2.24, 2.45) is 0 Å². The van der Waals surface area contributed by atoms with Crippen LogP contribution < -0.4 is 15.4 Å². The van der Waals surface area contributed by atoms with Gasteiger partial charge >= 0.3 is 6.61 Å². The minimum atomic E-state index is -2.93. The molecule has 0 unspecified atom stereocenters. The summed E-state index contributed by atoms with van der Waals surface area (Å²) in [5.74, 6) is 0.889. The van der Waals surface area contributed by atoms with Crippen molar-refractivity contribution in [1.82, 2.24) is 14.8 Å². The van der Waals surface area contributed by atoms with Gasteiger partial charge in [-0.15, -0.1) is 5.10 Å². The predicted molar refractivity (Wildman–Crippen MR) is 139 cm³/mol. The number of fused-ring (bicyclic) bond motifs is 1. The normalized spacial score (nSPS) is 14.8. The van der Waals surface area contributed by atoms with E-state index in [9.17, 15) is 13.6 Å². The number of nitrogens with one attached hydrogen (secondary N) is 2. The van der Waals surface area contributed by atoms with E-state index in [1.165, 1.54) is 23.9 Å². The Bertz CT molecular complexity index is 1410. The van der Waals surface area contributed by atoms with Gasteiger partial charge in [-0.25, -0.2) is 4.68 Å². The van der Waals surface area contributed by atoms with Crippen LogP contribution in [0.4, 0.5) is 20.4 Å². The molecule has 0 bridgehead atoms. The number of para-hydroxylation sites is 1. The van der Waals surface area contributed by atoms with Gasteiger partial charge in [0.15, 0.2) is 0 Å². The van der Waals surface area contributed by atoms with E-state index >= 15 is 0 Å². The first kappa shape index (κ1) is 24.5. The number of hydrogen-bond donors (Lipinski definition) is 2. The highest BCUT2D eigenvalue weighted by atomic mass is 32.2. The van der Waals surface area contributed by atoms with Gasteiger partial charge in [0, 0.05) is 17.1 Å². The molecule has 0 fully saturated rings. The molecule has 37 heavy (non-hydrogen) atoms. The Balaban J connectivity index is 1.49. The zero-order valence-corrected chi connectivity index (χ0v) is 20.6. The Morgan fingerprint density at radius 3 is 2.41 bits per heavy atom. The maximum absolute atomic E-state index is 13.5. The van der Waals surface area contributed by atoms with E-state index in [1.54, 1.807) is 35.9 Å². The molecule has 2 heterocycles. The van der Waals surface area contributed by atoms with E-state index in [0.717, 1.165) is 5.56 Å². The molecule has 188 valence electrons. The number of amides is 1. The quantitative estimate of drug-likeness (QED) is 0.274. The fourth-order valence-corrected chi connectivity index (χ4v) is 4.85. The van der Waals surface area contributed by atoms with Crippen LogP contribution in [0.15, 0.2) is 101 Å². The van der Waals surface area contributed by atoms with Crippen molar-refractivity contribution < 1.29 is 18.3 Å². The summed E-state index contributed by atoms with van der Waals surface area (Å²) >= 11 is 1.48. The van der Waals surface area contributed by atoms with Crippen molar-refractivity contribution in [1.29, 1.82) is 0 Å². The average Bonchev–Trinajstić information content (AvgIpc) is 3.30. The van der Waals surface area contributed by atoms with E-state index in [0.29, 0.717) is 39.4 Å². The summed E-state index contributed by atoms with van der Waals surface area (Å²) in [6.45, 7) is -1.12. The number of alkyl halides is 2. The number of thioether (sulfide) groups is 1. The van der Waals surface area contributed by atoms with E-state index in [-0.39, 0.29) is 11.7 Å². The third-order valence-corrected chi connectivity index (χ3v) is 6.65. The molecule has 10 heteroatoms. The SMILES string of the molecule is CC1=C(C(=O)Nc2ccccc2)[C@H](c2ccc(OC(F)F)cc2)n2nc(SCc3ccccc3)nc2N1. The van der Waals surface area contributed by atoms with Crippen molar-refractivity contribution in [2.45, 2.75) is 30.5 Å². The fourth-order valence-electron chi connectivity index (χ4n) is 4.07. The predicted octanol–water partition coefficient (Wildman–Crippen LogP) is 6.10. The summed E-state index contributed by atoms with van der Waals surface area (Å²) in [5, 5.41) is 11.4. The summed E-state index contributed by atoms with van der Waals surface area (Å²) in [5.41, 5.74) is 3.51. The molecule has 0 radical (unpaired) electrons. The molecule has 3 aromatic carbocycles. The van der Waals surface area contributed by atoms with E-state index in [1.807, 2.05) is 48.5 Å². The topological polar surface area (TPSA) is 81.1 Å². The third-order valence-electron chi connectivity index (χ3n) is 5.74. The lowest BCUT2D eigenvalue weighted by atomic mass is 9.95. The van der Waals surface area contributed by atoms with Crippen molar-refractivity contribution in [2.75, 3.05) is 10.6 Å². The number of anilines is 2.